The van der Waals surface area contributed by atoms with E-state index in [9.17, 15) is 5.11 Å². The van der Waals surface area contributed by atoms with Gasteiger partial charge in [-0.05, 0) is 30.5 Å². The minimum Gasteiger partial charge on any atom is -0.474 e. The van der Waals surface area contributed by atoms with Crippen LogP contribution in [0.3, 0.4) is 0 Å². The summed E-state index contributed by atoms with van der Waals surface area (Å²) in [6.07, 6.45) is 9.54. The molecular weight excluding hydrogens is 440 g/mol. The van der Waals surface area contributed by atoms with Crippen molar-refractivity contribution in [3.8, 4) is 5.88 Å². The maximum absolute atomic E-state index is 10.5. The van der Waals surface area contributed by atoms with E-state index in [2.05, 4.69) is 25.2 Å². The molecule has 2 aliphatic heterocycles. The molecule has 9 heteroatoms. The van der Waals surface area contributed by atoms with Crippen molar-refractivity contribution in [2.24, 2.45) is 0 Å². The Kier molecular flexibility index (Phi) is 6.59. The molecule has 2 fully saturated rings. The highest BCUT2D eigenvalue weighted by atomic mass is 35.5. The van der Waals surface area contributed by atoms with Crippen molar-refractivity contribution in [2.75, 3.05) is 26.2 Å². The van der Waals surface area contributed by atoms with Gasteiger partial charge in [0.1, 0.15) is 11.9 Å². The third kappa shape index (κ3) is 5.35. The van der Waals surface area contributed by atoms with E-state index in [0.717, 1.165) is 48.9 Å². The Hall–Kier alpha value is -2.52. The van der Waals surface area contributed by atoms with Crippen LogP contribution >= 0.6 is 11.6 Å². The van der Waals surface area contributed by atoms with Crippen LogP contribution < -0.4 is 10.1 Å². The molecule has 5 rings (SSSR count). The lowest BCUT2D eigenvalue weighted by Crippen LogP contribution is -2.75. The average molecular weight is 469 g/mol. The molecular formula is C24H29ClN6O2. The van der Waals surface area contributed by atoms with Crippen molar-refractivity contribution in [1.29, 1.82) is 0 Å². The smallest absolute Gasteiger partial charge is 0.216 e. The van der Waals surface area contributed by atoms with E-state index in [4.69, 9.17) is 16.3 Å². The second kappa shape index (κ2) is 9.77. The quantitative estimate of drug-likeness (QED) is 0.523. The van der Waals surface area contributed by atoms with Gasteiger partial charge in [-0.1, -0.05) is 23.7 Å². The number of likely N-dealkylation sites (tertiary alicyclic amines) is 1. The molecule has 0 spiro atoms. The second-order valence-corrected chi connectivity index (χ2v) is 9.43. The maximum atomic E-state index is 10.5. The van der Waals surface area contributed by atoms with Crippen molar-refractivity contribution in [3.63, 3.8) is 0 Å². The molecule has 2 aromatic heterocycles. The number of hydrogen-bond acceptors (Lipinski definition) is 7. The van der Waals surface area contributed by atoms with Crippen molar-refractivity contribution < 1.29 is 9.84 Å². The van der Waals surface area contributed by atoms with E-state index in [1.54, 1.807) is 18.7 Å². The summed E-state index contributed by atoms with van der Waals surface area (Å²) in [5.41, 5.74) is 0.790. The number of halogens is 1. The van der Waals surface area contributed by atoms with Gasteiger partial charge in [0.05, 0.1) is 18.0 Å². The van der Waals surface area contributed by atoms with Gasteiger partial charge in [-0.3, -0.25) is 0 Å². The highest BCUT2D eigenvalue weighted by Crippen LogP contribution is 2.26. The molecule has 0 radical (unpaired) electrons. The van der Waals surface area contributed by atoms with Gasteiger partial charge in [-0.25, -0.2) is 9.97 Å². The van der Waals surface area contributed by atoms with Gasteiger partial charge in [0, 0.05) is 68.8 Å². The number of ether oxygens (including phenoxy) is 1. The first kappa shape index (κ1) is 22.3. The van der Waals surface area contributed by atoms with Crippen LogP contribution in [0.15, 0.2) is 55.2 Å². The van der Waals surface area contributed by atoms with E-state index < -0.39 is 0 Å². The van der Waals surface area contributed by atoms with Crippen LogP contribution in [-0.4, -0.2) is 73.5 Å². The predicted molar refractivity (Wildman–Crippen MR) is 125 cm³/mol. The molecule has 2 saturated heterocycles. The van der Waals surface area contributed by atoms with Gasteiger partial charge in [0.2, 0.25) is 5.88 Å². The summed E-state index contributed by atoms with van der Waals surface area (Å²) in [7, 11) is 0. The third-order valence-electron chi connectivity index (χ3n) is 6.59. The maximum Gasteiger partial charge on any atom is 0.216 e. The fourth-order valence-corrected chi connectivity index (χ4v) is 4.76. The van der Waals surface area contributed by atoms with Gasteiger partial charge in [-0.2, -0.15) is 4.98 Å². The zero-order chi connectivity index (χ0) is 22.7. The summed E-state index contributed by atoms with van der Waals surface area (Å²) >= 11 is 5.97. The van der Waals surface area contributed by atoms with E-state index in [1.165, 1.54) is 0 Å². The Morgan fingerprint density at radius 1 is 1.12 bits per heavy atom. The first-order valence-corrected chi connectivity index (χ1v) is 11.8. The Labute approximate surface area is 198 Å². The largest absolute Gasteiger partial charge is 0.474 e. The molecule has 174 valence electrons. The van der Waals surface area contributed by atoms with Gasteiger partial charge in [0.25, 0.3) is 0 Å². The number of β-amino-alcohol motifs (C(OH)–C–C–N with tert-alkyl or cyclic N) is 1. The number of imidazole rings is 1. The summed E-state index contributed by atoms with van der Waals surface area (Å²) < 4.78 is 8.23. The number of piperidine rings is 1. The van der Waals surface area contributed by atoms with Crippen LogP contribution in [0.4, 0.5) is 0 Å². The van der Waals surface area contributed by atoms with Crippen LogP contribution in [-0.2, 0) is 13.0 Å². The molecule has 2 atom stereocenters. The molecule has 8 nitrogen and oxygen atoms in total. The van der Waals surface area contributed by atoms with Crippen molar-refractivity contribution in [2.45, 2.75) is 43.6 Å². The number of nitrogens with zero attached hydrogens (tertiary/aromatic N) is 5. The monoisotopic (exact) mass is 468 g/mol. The second-order valence-electron chi connectivity index (χ2n) is 9.00. The molecule has 1 aromatic carbocycles. The number of hydrogen-bond donors (Lipinski definition) is 2. The topological polar surface area (TPSA) is 88.3 Å². The summed E-state index contributed by atoms with van der Waals surface area (Å²) in [4.78, 5) is 15.5. The van der Waals surface area contributed by atoms with E-state index >= 15 is 0 Å². The zero-order valence-electron chi connectivity index (χ0n) is 18.5. The Morgan fingerprint density at radius 3 is 2.61 bits per heavy atom. The zero-order valence-corrected chi connectivity index (χ0v) is 19.2. The average Bonchev–Trinajstić information content (AvgIpc) is 3.34. The van der Waals surface area contributed by atoms with Gasteiger partial charge < -0.3 is 24.6 Å². The highest BCUT2D eigenvalue weighted by molar-refractivity contribution is 6.30. The molecule has 3 aromatic rings. The lowest BCUT2D eigenvalue weighted by molar-refractivity contribution is -0.0500. The summed E-state index contributed by atoms with van der Waals surface area (Å²) in [6.45, 7) is 4.00. The summed E-state index contributed by atoms with van der Waals surface area (Å²) in [6, 6.07) is 9.56. The number of rotatable bonds is 8. The summed E-state index contributed by atoms with van der Waals surface area (Å²) in [5, 5.41) is 14.7. The molecule has 2 aliphatic rings. The van der Waals surface area contributed by atoms with Crippen LogP contribution in [0.25, 0.3) is 0 Å². The predicted octanol–water partition coefficient (Wildman–Crippen LogP) is 2.16. The molecule has 33 heavy (non-hydrogen) atoms. The van der Waals surface area contributed by atoms with E-state index in [-0.39, 0.29) is 17.7 Å². The van der Waals surface area contributed by atoms with Gasteiger partial charge in [-0.15, -0.1) is 0 Å². The van der Waals surface area contributed by atoms with Crippen molar-refractivity contribution >= 4 is 11.6 Å². The molecule has 0 saturated carbocycles. The summed E-state index contributed by atoms with van der Waals surface area (Å²) in [5.74, 6) is 1.36. The van der Waals surface area contributed by atoms with Gasteiger partial charge >= 0.3 is 0 Å². The Balaban J connectivity index is 1.14. The normalized spacial score (nSPS) is 23.9. The standard InChI is InChI=1S/C24H29ClN6O2/c25-19-3-1-18(2-4-19)13-22-27-8-5-23(29-22)33-20-6-10-30(11-7-20)15-24(21(32)14-28-24)16-31-12-9-26-17-31/h1-5,8-9,12,17,20-21,28,32H,6-7,10-11,13-16H2/t21-,24-/m0/s1. The first-order chi connectivity index (χ1) is 16.1. The fourth-order valence-electron chi connectivity index (χ4n) is 4.63. The SMILES string of the molecule is O[C@H]1CN[C@@]1(CN1CCC(Oc2ccnc(Cc3ccc(Cl)cc3)n2)CC1)Cn1ccnc1. The molecule has 4 heterocycles. The van der Waals surface area contributed by atoms with E-state index in [0.29, 0.717) is 25.4 Å². The Morgan fingerprint density at radius 2 is 1.94 bits per heavy atom. The highest BCUT2D eigenvalue weighted by Gasteiger charge is 2.47. The Bertz CT molecular complexity index is 1040. The van der Waals surface area contributed by atoms with Crippen LogP contribution in [0.2, 0.25) is 5.02 Å². The molecule has 0 aliphatic carbocycles. The lowest BCUT2D eigenvalue weighted by atomic mass is 9.83. The molecule has 0 bridgehead atoms. The van der Waals surface area contributed by atoms with Crippen LogP contribution in [0.5, 0.6) is 5.88 Å². The van der Waals surface area contributed by atoms with E-state index in [1.807, 2.05) is 41.1 Å². The van der Waals surface area contributed by atoms with Crippen molar-refractivity contribution in [1.82, 2.24) is 29.7 Å². The minimum atomic E-state index is -0.353. The molecule has 0 unspecified atom stereocenters. The molecule has 2 N–H and O–H groups in total. The number of aromatic nitrogens is 4. The van der Waals surface area contributed by atoms with Crippen LogP contribution in [0.1, 0.15) is 24.2 Å². The lowest BCUT2D eigenvalue weighted by Gasteiger charge is -2.51. The van der Waals surface area contributed by atoms with Crippen LogP contribution in [0, 0.1) is 0 Å². The first-order valence-electron chi connectivity index (χ1n) is 11.4. The van der Waals surface area contributed by atoms with Crippen molar-refractivity contribution in [3.05, 3.63) is 71.7 Å². The number of nitrogens with one attached hydrogen (secondary N) is 1. The minimum absolute atomic E-state index is 0.128. The molecule has 0 amide bonds. The number of aliphatic hydroxyl groups is 1. The third-order valence-corrected chi connectivity index (χ3v) is 6.84. The number of benzene rings is 1. The number of aliphatic hydroxyl groups excluding tert-OH is 1. The van der Waals surface area contributed by atoms with Gasteiger partial charge in [0.15, 0.2) is 0 Å². The fraction of sp³-hybridized carbons (Fsp3) is 0.458.